The number of imidazole rings is 1. The first kappa shape index (κ1) is 22.2. The molecular weight excluding hydrogens is 454 g/mol. The topological polar surface area (TPSA) is 104 Å². The summed E-state index contributed by atoms with van der Waals surface area (Å²) in [4.78, 5) is 22.4. The number of para-hydroxylation sites is 2. The van der Waals surface area contributed by atoms with E-state index in [-0.39, 0.29) is 0 Å². The fraction of sp³-hybridized carbons (Fsp3) is 0.296. The second kappa shape index (κ2) is 8.75. The highest BCUT2D eigenvalue weighted by atomic mass is 16.5. The van der Waals surface area contributed by atoms with Crippen molar-refractivity contribution in [2.45, 2.75) is 38.5 Å². The molecule has 0 bridgehead atoms. The highest BCUT2D eigenvalue weighted by molar-refractivity contribution is 5.75. The number of fused-ring (bicyclic) bond motifs is 1. The van der Waals surface area contributed by atoms with Gasteiger partial charge in [-0.3, -0.25) is 0 Å². The zero-order valence-electron chi connectivity index (χ0n) is 20.7. The third-order valence-corrected chi connectivity index (χ3v) is 6.58. The monoisotopic (exact) mass is 481 g/mol. The lowest BCUT2D eigenvalue weighted by atomic mass is 10.1. The molecule has 9 nitrogen and oxygen atoms in total. The molecule has 1 aliphatic rings. The lowest BCUT2D eigenvalue weighted by molar-refractivity contribution is 0.354. The first-order chi connectivity index (χ1) is 17.5. The molecule has 9 heteroatoms. The molecule has 0 unspecified atom stereocenters. The summed E-state index contributed by atoms with van der Waals surface area (Å²) < 4.78 is 12.7. The van der Waals surface area contributed by atoms with Crippen molar-refractivity contribution in [1.29, 1.82) is 0 Å². The normalized spacial score (nSPS) is 16.9. The Labute approximate surface area is 208 Å². The summed E-state index contributed by atoms with van der Waals surface area (Å²) in [5.41, 5.74) is 4.11. The molecule has 2 aromatic carbocycles. The van der Waals surface area contributed by atoms with Crippen molar-refractivity contribution < 1.29 is 9.47 Å². The van der Waals surface area contributed by atoms with E-state index in [4.69, 9.17) is 29.4 Å². The average molecular weight is 482 g/mol. The van der Waals surface area contributed by atoms with E-state index in [0.717, 1.165) is 46.2 Å². The van der Waals surface area contributed by atoms with Gasteiger partial charge in [0.2, 0.25) is 0 Å². The maximum Gasteiger partial charge on any atom is 0.161 e. The van der Waals surface area contributed by atoms with E-state index >= 15 is 0 Å². The summed E-state index contributed by atoms with van der Waals surface area (Å²) in [6, 6.07) is 16.0. The van der Waals surface area contributed by atoms with Gasteiger partial charge in [-0.15, -0.1) is 5.10 Å². The standard InChI is InChI=1S/C27H27N7O2/c1-15-28-22(18-13-19(18)27-31-20-7-5-6-8-21(20)32-27)14-26(29-15)34-25(30-16(2)33-34)12-17-9-10-23(35-3)24(11-17)36-4/h5-11,14,18-19H,12-13H2,1-4H3,(H,31,32)/t18-,19-/m1/s1. The van der Waals surface area contributed by atoms with Crippen LogP contribution in [-0.2, 0) is 6.42 Å². The second-order valence-corrected chi connectivity index (χ2v) is 9.14. The summed E-state index contributed by atoms with van der Waals surface area (Å²) in [6.45, 7) is 3.81. The van der Waals surface area contributed by atoms with Gasteiger partial charge in [0, 0.05) is 24.3 Å². The molecule has 0 radical (unpaired) electrons. The van der Waals surface area contributed by atoms with Crippen molar-refractivity contribution in [2.24, 2.45) is 0 Å². The Morgan fingerprint density at radius 3 is 2.53 bits per heavy atom. The van der Waals surface area contributed by atoms with Gasteiger partial charge in [-0.1, -0.05) is 18.2 Å². The van der Waals surface area contributed by atoms with Gasteiger partial charge in [0.15, 0.2) is 17.3 Å². The van der Waals surface area contributed by atoms with Crippen molar-refractivity contribution in [2.75, 3.05) is 14.2 Å². The number of ether oxygens (including phenoxy) is 2. The molecule has 5 aromatic rings. The molecule has 3 heterocycles. The number of H-pyrrole nitrogens is 1. The van der Waals surface area contributed by atoms with Crippen LogP contribution in [-0.4, -0.2) is 48.9 Å². The quantitative estimate of drug-likeness (QED) is 0.367. The molecule has 0 saturated heterocycles. The Kier molecular flexibility index (Phi) is 5.40. The lowest BCUT2D eigenvalue weighted by Gasteiger charge is -2.11. The van der Waals surface area contributed by atoms with E-state index in [9.17, 15) is 0 Å². The fourth-order valence-corrected chi connectivity index (χ4v) is 4.78. The van der Waals surface area contributed by atoms with Crippen LogP contribution in [0.15, 0.2) is 48.5 Å². The van der Waals surface area contributed by atoms with Crippen LogP contribution < -0.4 is 9.47 Å². The smallest absolute Gasteiger partial charge is 0.161 e. The molecule has 1 fully saturated rings. The minimum Gasteiger partial charge on any atom is -0.493 e. The predicted molar refractivity (Wildman–Crippen MR) is 135 cm³/mol. The number of rotatable bonds is 7. The van der Waals surface area contributed by atoms with Crippen LogP contribution in [0.2, 0.25) is 0 Å². The molecule has 1 N–H and O–H groups in total. The molecule has 0 spiro atoms. The van der Waals surface area contributed by atoms with Crippen molar-refractivity contribution in [1.82, 2.24) is 34.7 Å². The van der Waals surface area contributed by atoms with Gasteiger partial charge in [-0.2, -0.15) is 4.68 Å². The van der Waals surface area contributed by atoms with E-state index in [1.54, 1.807) is 14.2 Å². The van der Waals surface area contributed by atoms with Gasteiger partial charge < -0.3 is 14.5 Å². The van der Waals surface area contributed by atoms with E-state index in [1.807, 2.05) is 61.0 Å². The summed E-state index contributed by atoms with van der Waals surface area (Å²) in [7, 11) is 3.27. The number of benzene rings is 2. The first-order valence-electron chi connectivity index (χ1n) is 12.0. The van der Waals surface area contributed by atoms with E-state index in [0.29, 0.717) is 41.4 Å². The molecule has 6 rings (SSSR count). The molecule has 0 amide bonds. The van der Waals surface area contributed by atoms with Crippen LogP contribution in [0.25, 0.3) is 16.9 Å². The van der Waals surface area contributed by atoms with Crippen LogP contribution in [0.4, 0.5) is 0 Å². The van der Waals surface area contributed by atoms with Crippen molar-refractivity contribution in [3.8, 4) is 17.3 Å². The highest BCUT2D eigenvalue weighted by Crippen LogP contribution is 2.53. The summed E-state index contributed by atoms with van der Waals surface area (Å²) in [6.07, 6.45) is 1.58. The summed E-state index contributed by atoms with van der Waals surface area (Å²) in [5.74, 6) is 5.94. The highest BCUT2D eigenvalue weighted by Gasteiger charge is 2.43. The SMILES string of the molecule is COc1ccc(Cc2nc(C)nn2-c2cc([C@@H]3C[C@H]3c3nc4ccccc4[nH]3)nc(C)n2)cc1OC. The maximum atomic E-state index is 5.47. The molecule has 1 saturated carbocycles. The van der Waals surface area contributed by atoms with Crippen LogP contribution in [0.5, 0.6) is 11.5 Å². The summed E-state index contributed by atoms with van der Waals surface area (Å²) >= 11 is 0. The number of nitrogens with one attached hydrogen (secondary N) is 1. The van der Waals surface area contributed by atoms with Crippen LogP contribution in [0.1, 0.15) is 52.8 Å². The number of hydrogen-bond donors (Lipinski definition) is 1. The van der Waals surface area contributed by atoms with Crippen molar-refractivity contribution in [3.63, 3.8) is 0 Å². The van der Waals surface area contributed by atoms with Gasteiger partial charge in [0.05, 0.1) is 30.9 Å². The second-order valence-electron chi connectivity index (χ2n) is 9.14. The Hall–Kier alpha value is -4.27. The van der Waals surface area contributed by atoms with Gasteiger partial charge in [-0.05, 0) is 50.1 Å². The lowest BCUT2D eigenvalue weighted by Crippen LogP contribution is -2.09. The van der Waals surface area contributed by atoms with Crippen LogP contribution in [0.3, 0.4) is 0 Å². The fourth-order valence-electron chi connectivity index (χ4n) is 4.78. The average Bonchev–Trinajstić information content (AvgIpc) is 3.43. The van der Waals surface area contributed by atoms with E-state index in [1.165, 1.54) is 0 Å². The van der Waals surface area contributed by atoms with Gasteiger partial charge in [0.1, 0.15) is 23.3 Å². The zero-order valence-corrected chi connectivity index (χ0v) is 20.7. The van der Waals surface area contributed by atoms with Crippen molar-refractivity contribution in [3.05, 3.63) is 83.1 Å². The number of aryl methyl sites for hydroxylation is 2. The van der Waals surface area contributed by atoms with Crippen molar-refractivity contribution >= 4 is 11.0 Å². The molecule has 182 valence electrons. The van der Waals surface area contributed by atoms with Crippen LogP contribution >= 0.6 is 0 Å². The van der Waals surface area contributed by atoms with Crippen LogP contribution in [0, 0.1) is 13.8 Å². The largest absolute Gasteiger partial charge is 0.493 e. The third-order valence-electron chi connectivity index (χ3n) is 6.58. The van der Waals surface area contributed by atoms with Gasteiger partial charge >= 0.3 is 0 Å². The molecule has 2 atom stereocenters. The van der Waals surface area contributed by atoms with E-state index < -0.39 is 0 Å². The molecular formula is C27H27N7O2. The third kappa shape index (κ3) is 4.06. The Morgan fingerprint density at radius 1 is 0.889 bits per heavy atom. The number of methoxy groups -OCH3 is 2. The van der Waals surface area contributed by atoms with Gasteiger partial charge in [-0.25, -0.2) is 19.9 Å². The molecule has 0 aliphatic heterocycles. The summed E-state index contributed by atoms with van der Waals surface area (Å²) in [5, 5.41) is 4.66. The Balaban J connectivity index is 1.30. The maximum absolute atomic E-state index is 5.47. The first-order valence-corrected chi connectivity index (χ1v) is 12.0. The van der Waals surface area contributed by atoms with E-state index in [2.05, 4.69) is 16.1 Å². The Bertz CT molecular complexity index is 1540. The molecule has 3 aromatic heterocycles. The minimum absolute atomic E-state index is 0.296. The number of nitrogens with zero attached hydrogens (tertiary/aromatic N) is 6. The Morgan fingerprint density at radius 2 is 1.72 bits per heavy atom. The number of hydrogen-bond acceptors (Lipinski definition) is 7. The zero-order chi connectivity index (χ0) is 24.8. The number of aromatic amines is 1. The minimum atomic E-state index is 0.296. The van der Waals surface area contributed by atoms with Gasteiger partial charge in [0.25, 0.3) is 0 Å². The molecule has 36 heavy (non-hydrogen) atoms. The number of aromatic nitrogens is 7. The molecule has 1 aliphatic carbocycles. The predicted octanol–water partition coefficient (Wildman–Crippen LogP) is 4.43.